The van der Waals surface area contributed by atoms with Crippen LogP contribution in [0.2, 0.25) is 0 Å². The van der Waals surface area contributed by atoms with Crippen molar-refractivity contribution in [1.82, 2.24) is 4.98 Å². The van der Waals surface area contributed by atoms with Crippen LogP contribution in [0.3, 0.4) is 0 Å². The zero-order chi connectivity index (χ0) is 9.38. The van der Waals surface area contributed by atoms with E-state index in [0.717, 1.165) is 17.9 Å². The molecule has 2 fully saturated rings. The molecule has 0 unspecified atom stereocenters. The highest BCUT2D eigenvalue weighted by Gasteiger charge is 2.39. The standard InChI is InChI=1S/C12H16N2/c1-2-11(8-13-5-1)14-12-7-9-3-4-10(12)6-9/h1-2,5,8-10,12,14H,3-4,6-7H2/t9-,10+,12+/m0/s1. The molecule has 0 aliphatic heterocycles. The highest BCUT2D eigenvalue weighted by atomic mass is 15.0. The lowest BCUT2D eigenvalue weighted by molar-refractivity contribution is 0.439. The molecule has 0 amide bonds. The first-order valence-corrected chi connectivity index (χ1v) is 5.58. The molecule has 1 heterocycles. The van der Waals surface area contributed by atoms with E-state index >= 15 is 0 Å². The molecule has 0 saturated heterocycles. The van der Waals surface area contributed by atoms with Gasteiger partial charge < -0.3 is 5.32 Å². The van der Waals surface area contributed by atoms with Gasteiger partial charge in [-0.15, -0.1) is 0 Å². The summed E-state index contributed by atoms with van der Waals surface area (Å²) < 4.78 is 0. The van der Waals surface area contributed by atoms with Crippen LogP contribution in [0.1, 0.15) is 25.7 Å². The Kier molecular flexibility index (Phi) is 1.93. The summed E-state index contributed by atoms with van der Waals surface area (Å²) in [5.41, 5.74) is 1.19. The van der Waals surface area contributed by atoms with Gasteiger partial charge in [0.25, 0.3) is 0 Å². The van der Waals surface area contributed by atoms with E-state index in [1.807, 2.05) is 18.5 Å². The number of hydrogen-bond donors (Lipinski definition) is 1. The van der Waals surface area contributed by atoms with Crippen LogP contribution in [-0.2, 0) is 0 Å². The summed E-state index contributed by atoms with van der Waals surface area (Å²) in [4.78, 5) is 4.13. The monoisotopic (exact) mass is 188 g/mol. The van der Waals surface area contributed by atoms with Gasteiger partial charge in [-0.1, -0.05) is 6.42 Å². The zero-order valence-corrected chi connectivity index (χ0v) is 8.32. The molecule has 3 rings (SSSR count). The second kappa shape index (κ2) is 3.26. The van der Waals surface area contributed by atoms with Crippen molar-refractivity contribution < 1.29 is 0 Å². The van der Waals surface area contributed by atoms with Crippen LogP contribution in [0.5, 0.6) is 0 Å². The Morgan fingerprint density at radius 3 is 2.93 bits per heavy atom. The molecule has 0 radical (unpaired) electrons. The first-order chi connectivity index (χ1) is 6.92. The number of fused-ring (bicyclic) bond motifs is 2. The molecular formula is C12H16N2. The van der Waals surface area contributed by atoms with Gasteiger partial charge in [0.05, 0.1) is 5.69 Å². The summed E-state index contributed by atoms with van der Waals surface area (Å²) in [6.07, 6.45) is 9.48. The molecular weight excluding hydrogens is 172 g/mol. The Hall–Kier alpha value is -1.05. The van der Waals surface area contributed by atoms with E-state index in [4.69, 9.17) is 0 Å². The van der Waals surface area contributed by atoms with E-state index in [2.05, 4.69) is 16.4 Å². The van der Waals surface area contributed by atoms with Crippen molar-refractivity contribution in [2.75, 3.05) is 5.32 Å². The number of anilines is 1. The number of pyridine rings is 1. The topological polar surface area (TPSA) is 24.9 Å². The van der Waals surface area contributed by atoms with Crippen LogP contribution >= 0.6 is 0 Å². The highest BCUT2D eigenvalue weighted by Crippen LogP contribution is 2.45. The molecule has 14 heavy (non-hydrogen) atoms. The summed E-state index contributed by atoms with van der Waals surface area (Å²) in [6, 6.07) is 4.83. The van der Waals surface area contributed by atoms with E-state index in [1.54, 1.807) is 0 Å². The molecule has 2 nitrogen and oxygen atoms in total. The lowest BCUT2D eigenvalue weighted by Crippen LogP contribution is -2.25. The van der Waals surface area contributed by atoms with Crippen molar-refractivity contribution in [3.8, 4) is 0 Å². The quantitative estimate of drug-likeness (QED) is 0.771. The lowest BCUT2D eigenvalue weighted by Gasteiger charge is -2.23. The third kappa shape index (κ3) is 1.39. The molecule has 2 bridgehead atoms. The fraction of sp³-hybridized carbons (Fsp3) is 0.583. The van der Waals surface area contributed by atoms with Gasteiger partial charge in [-0.25, -0.2) is 0 Å². The molecule has 1 aromatic rings. The fourth-order valence-electron chi connectivity index (χ4n) is 3.08. The van der Waals surface area contributed by atoms with Crippen molar-refractivity contribution in [2.24, 2.45) is 11.8 Å². The molecule has 0 aromatic carbocycles. The summed E-state index contributed by atoms with van der Waals surface area (Å²) in [5.74, 6) is 1.94. The van der Waals surface area contributed by atoms with E-state index in [-0.39, 0.29) is 0 Å². The number of nitrogens with one attached hydrogen (secondary N) is 1. The van der Waals surface area contributed by atoms with Gasteiger partial charge in [0.15, 0.2) is 0 Å². The smallest absolute Gasteiger partial charge is 0.0528 e. The van der Waals surface area contributed by atoms with Gasteiger partial charge in [-0.2, -0.15) is 0 Å². The van der Waals surface area contributed by atoms with Gasteiger partial charge in [0.2, 0.25) is 0 Å². The van der Waals surface area contributed by atoms with Crippen LogP contribution in [0.25, 0.3) is 0 Å². The van der Waals surface area contributed by atoms with Crippen LogP contribution in [-0.4, -0.2) is 11.0 Å². The van der Waals surface area contributed by atoms with Crippen molar-refractivity contribution in [1.29, 1.82) is 0 Å². The first-order valence-electron chi connectivity index (χ1n) is 5.58. The van der Waals surface area contributed by atoms with Gasteiger partial charge in [-0.3, -0.25) is 4.98 Å². The maximum atomic E-state index is 4.13. The minimum Gasteiger partial charge on any atom is -0.381 e. The van der Waals surface area contributed by atoms with E-state index in [9.17, 15) is 0 Å². The Morgan fingerprint density at radius 2 is 2.29 bits per heavy atom. The highest BCUT2D eigenvalue weighted by molar-refractivity contribution is 5.41. The molecule has 2 aliphatic rings. The normalized spacial score (nSPS) is 34.7. The molecule has 2 heteroatoms. The van der Waals surface area contributed by atoms with Gasteiger partial charge >= 0.3 is 0 Å². The van der Waals surface area contributed by atoms with E-state index < -0.39 is 0 Å². The van der Waals surface area contributed by atoms with Gasteiger partial charge in [0, 0.05) is 18.4 Å². The van der Waals surface area contributed by atoms with Gasteiger partial charge in [-0.05, 0) is 43.2 Å². The summed E-state index contributed by atoms with van der Waals surface area (Å²) >= 11 is 0. The molecule has 0 spiro atoms. The summed E-state index contributed by atoms with van der Waals surface area (Å²) in [5, 5.41) is 3.61. The minimum atomic E-state index is 0.720. The van der Waals surface area contributed by atoms with Crippen molar-refractivity contribution in [3.05, 3.63) is 24.5 Å². The largest absolute Gasteiger partial charge is 0.381 e. The van der Waals surface area contributed by atoms with Crippen molar-refractivity contribution >= 4 is 5.69 Å². The van der Waals surface area contributed by atoms with E-state index in [0.29, 0.717) is 0 Å². The second-order valence-corrected chi connectivity index (χ2v) is 4.67. The SMILES string of the molecule is c1cncc(N[C@@H]2C[C@H]3CC[C@@H]2C3)c1. The second-order valence-electron chi connectivity index (χ2n) is 4.67. The van der Waals surface area contributed by atoms with E-state index in [1.165, 1.54) is 31.4 Å². The Labute approximate surface area is 84.7 Å². The molecule has 3 atom stereocenters. The number of nitrogens with zero attached hydrogens (tertiary/aromatic N) is 1. The number of aromatic nitrogens is 1. The Balaban J connectivity index is 1.69. The maximum Gasteiger partial charge on any atom is 0.0528 e. The first kappa shape index (κ1) is 8.27. The predicted molar refractivity (Wildman–Crippen MR) is 57.1 cm³/mol. The zero-order valence-electron chi connectivity index (χ0n) is 8.32. The lowest BCUT2D eigenvalue weighted by atomic mass is 9.95. The fourth-order valence-corrected chi connectivity index (χ4v) is 3.08. The van der Waals surface area contributed by atoms with Crippen molar-refractivity contribution in [3.63, 3.8) is 0 Å². The third-order valence-corrected chi connectivity index (χ3v) is 3.75. The van der Waals surface area contributed by atoms with Crippen LogP contribution in [0.15, 0.2) is 24.5 Å². The van der Waals surface area contributed by atoms with Crippen LogP contribution in [0, 0.1) is 11.8 Å². The molecule has 74 valence electrons. The third-order valence-electron chi connectivity index (χ3n) is 3.75. The van der Waals surface area contributed by atoms with Crippen LogP contribution < -0.4 is 5.32 Å². The molecule has 2 saturated carbocycles. The molecule has 2 aliphatic carbocycles. The van der Waals surface area contributed by atoms with Crippen LogP contribution in [0.4, 0.5) is 5.69 Å². The molecule has 1 N–H and O–H groups in total. The van der Waals surface area contributed by atoms with Crippen molar-refractivity contribution in [2.45, 2.75) is 31.7 Å². The number of hydrogen-bond acceptors (Lipinski definition) is 2. The predicted octanol–water partition coefficient (Wildman–Crippen LogP) is 2.68. The molecule has 1 aromatic heterocycles. The summed E-state index contributed by atoms with van der Waals surface area (Å²) in [7, 11) is 0. The van der Waals surface area contributed by atoms with Gasteiger partial charge in [0.1, 0.15) is 0 Å². The Morgan fingerprint density at radius 1 is 1.29 bits per heavy atom. The number of rotatable bonds is 2. The minimum absolute atomic E-state index is 0.720. The maximum absolute atomic E-state index is 4.13. The summed E-state index contributed by atoms with van der Waals surface area (Å²) in [6.45, 7) is 0. The average molecular weight is 188 g/mol. The Bertz CT molecular complexity index is 309. The average Bonchev–Trinajstić information content (AvgIpc) is 2.81.